The Kier molecular flexibility index (Phi) is 6.47. The third-order valence-corrected chi connectivity index (χ3v) is 7.29. The molecule has 5 rings (SSSR count). The first-order valence-electron chi connectivity index (χ1n) is 11.3. The van der Waals surface area contributed by atoms with Crippen LogP contribution in [0.15, 0.2) is 58.3 Å². The number of rotatable bonds is 5. The van der Waals surface area contributed by atoms with Gasteiger partial charge in [-0.2, -0.15) is 10.0 Å². The third kappa shape index (κ3) is 4.76. The van der Waals surface area contributed by atoms with Gasteiger partial charge in [0.25, 0.3) is 5.91 Å². The van der Waals surface area contributed by atoms with Crippen LogP contribution in [0, 0.1) is 11.3 Å². The molecule has 3 aliphatic rings. The molecule has 0 bridgehead atoms. The highest BCUT2D eigenvalue weighted by atomic mass is 35.5. The van der Waals surface area contributed by atoms with Crippen molar-refractivity contribution in [3.8, 4) is 5.75 Å². The molecule has 3 aliphatic heterocycles. The molecule has 1 saturated heterocycles. The van der Waals surface area contributed by atoms with Gasteiger partial charge in [-0.15, -0.1) is 5.10 Å². The first-order chi connectivity index (χ1) is 16.5. The molecule has 0 atom stereocenters. The predicted octanol–water partition coefficient (Wildman–Crippen LogP) is 4.53. The third-order valence-electron chi connectivity index (χ3n) is 6.07. The number of nitrogens with one attached hydrogen (secondary N) is 1. The predicted molar refractivity (Wildman–Crippen MR) is 136 cm³/mol. The number of aliphatic imine (C=N–C) groups is 1. The standard InChI is InChI=1S/C24H25ClN6O2S/c1-16-8-11-30(12-9-16)24-28-31-21(26)20(22(32)27-23(31)34-24)15-18-3-2-10-29(18)13-14-33-19-6-4-17(25)5-7-19/h2-7,10,15-16,26H,8-9,11-14H2,1H3/b20-15+,26-21?. The molecule has 1 fully saturated rings. The summed E-state index contributed by atoms with van der Waals surface area (Å²) in [7, 11) is 0. The van der Waals surface area contributed by atoms with Crippen molar-refractivity contribution < 1.29 is 9.53 Å². The monoisotopic (exact) mass is 496 g/mol. The molecule has 176 valence electrons. The summed E-state index contributed by atoms with van der Waals surface area (Å²) in [6, 6.07) is 11.0. The Bertz CT molecular complexity index is 1190. The minimum atomic E-state index is -0.419. The molecular weight excluding hydrogens is 472 g/mol. The van der Waals surface area contributed by atoms with Crippen LogP contribution in [0.3, 0.4) is 0 Å². The lowest BCUT2D eigenvalue weighted by Gasteiger charge is -2.30. The smallest absolute Gasteiger partial charge is 0.283 e. The van der Waals surface area contributed by atoms with Crippen LogP contribution >= 0.6 is 23.4 Å². The number of halogens is 1. The average molecular weight is 497 g/mol. The fourth-order valence-electron chi connectivity index (χ4n) is 4.01. The van der Waals surface area contributed by atoms with Crippen LogP contribution in [0.4, 0.5) is 0 Å². The molecule has 1 aromatic heterocycles. The normalized spacial score (nSPS) is 20.0. The van der Waals surface area contributed by atoms with E-state index in [0.717, 1.165) is 42.5 Å². The minimum absolute atomic E-state index is 0.0491. The molecule has 34 heavy (non-hydrogen) atoms. The number of nitrogens with zero attached hydrogens (tertiary/aromatic N) is 5. The van der Waals surface area contributed by atoms with E-state index >= 15 is 0 Å². The summed E-state index contributed by atoms with van der Waals surface area (Å²) in [4.78, 5) is 19.2. The van der Waals surface area contributed by atoms with Crippen LogP contribution < -0.4 is 4.74 Å². The number of amides is 1. The zero-order valence-electron chi connectivity index (χ0n) is 18.8. The molecular formula is C24H25ClN6O2S. The molecule has 1 amide bonds. The maximum Gasteiger partial charge on any atom is 0.283 e. The Morgan fingerprint density at radius 3 is 2.74 bits per heavy atom. The van der Waals surface area contributed by atoms with Gasteiger partial charge < -0.3 is 14.2 Å². The van der Waals surface area contributed by atoms with Gasteiger partial charge in [-0.3, -0.25) is 10.2 Å². The molecule has 2 aromatic rings. The topological polar surface area (TPSA) is 86.3 Å². The number of fused-ring (bicyclic) bond motifs is 1. The highest BCUT2D eigenvalue weighted by Crippen LogP contribution is 2.31. The number of hydrogen-bond acceptors (Lipinski definition) is 6. The Labute approximate surface area is 207 Å². The van der Waals surface area contributed by atoms with Crippen molar-refractivity contribution in [3.63, 3.8) is 0 Å². The molecule has 1 aromatic carbocycles. The molecule has 8 nitrogen and oxygen atoms in total. The molecule has 0 unspecified atom stereocenters. The number of hydrogen-bond donors (Lipinski definition) is 1. The van der Waals surface area contributed by atoms with Crippen molar-refractivity contribution in [2.24, 2.45) is 16.0 Å². The van der Waals surface area contributed by atoms with Gasteiger partial charge in [0, 0.05) is 30.0 Å². The number of ether oxygens (including phenoxy) is 1. The van der Waals surface area contributed by atoms with Crippen LogP contribution in [0.25, 0.3) is 6.08 Å². The quantitative estimate of drug-likeness (QED) is 0.614. The lowest BCUT2D eigenvalue weighted by Crippen LogP contribution is -2.36. The van der Waals surface area contributed by atoms with E-state index in [1.807, 2.05) is 35.0 Å². The number of aromatic nitrogens is 1. The van der Waals surface area contributed by atoms with Crippen molar-refractivity contribution >= 4 is 51.5 Å². The van der Waals surface area contributed by atoms with Gasteiger partial charge in [0.15, 0.2) is 11.0 Å². The number of amidine groups is 3. The van der Waals surface area contributed by atoms with Gasteiger partial charge in [-0.25, -0.2) is 0 Å². The number of benzene rings is 1. The van der Waals surface area contributed by atoms with Crippen molar-refractivity contribution in [1.29, 1.82) is 5.41 Å². The van der Waals surface area contributed by atoms with E-state index in [1.54, 1.807) is 18.2 Å². The second kappa shape index (κ2) is 9.68. The fraction of sp³-hybridized carbons (Fsp3) is 0.333. The maximum absolute atomic E-state index is 12.8. The lowest BCUT2D eigenvalue weighted by atomic mass is 10.00. The Hall–Kier alpha value is -3.04. The van der Waals surface area contributed by atoms with Crippen LogP contribution in [0.5, 0.6) is 5.75 Å². The summed E-state index contributed by atoms with van der Waals surface area (Å²) in [6.45, 7) is 5.16. The van der Waals surface area contributed by atoms with Crippen LogP contribution in [-0.4, -0.2) is 56.3 Å². The number of hydrazone groups is 1. The van der Waals surface area contributed by atoms with Crippen molar-refractivity contribution in [1.82, 2.24) is 14.5 Å². The summed E-state index contributed by atoms with van der Waals surface area (Å²) < 4.78 is 7.77. The van der Waals surface area contributed by atoms with Crippen LogP contribution in [0.1, 0.15) is 25.5 Å². The van der Waals surface area contributed by atoms with Gasteiger partial charge in [0.1, 0.15) is 12.4 Å². The number of thioether (sulfide) groups is 1. The Morgan fingerprint density at radius 2 is 1.97 bits per heavy atom. The summed E-state index contributed by atoms with van der Waals surface area (Å²) in [5.74, 6) is 1.09. The van der Waals surface area contributed by atoms with E-state index in [2.05, 4.69) is 21.9 Å². The zero-order valence-corrected chi connectivity index (χ0v) is 20.3. The molecule has 0 spiro atoms. The first kappa shape index (κ1) is 22.7. The maximum atomic E-state index is 12.8. The summed E-state index contributed by atoms with van der Waals surface area (Å²) in [6.07, 6.45) is 5.86. The zero-order chi connectivity index (χ0) is 23.7. The van der Waals surface area contributed by atoms with E-state index in [4.69, 9.17) is 21.7 Å². The molecule has 10 heteroatoms. The summed E-state index contributed by atoms with van der Waals surface area (Å²) in [5.41, 5.74) is 1.02. The van der Waals surface area contributed by atoms with Gasteiger partial charge in [0.05, 0.1) is 12.1 Å². The summed E-state index contributed by atoms with van der Waals surface area (Å²) >= 11 is 7.28. The van der Waals surface area contributed by atoms with E-state index in [0.29, 0.717) is 29.3 Å². The number of carbonyl (C=O) groups is 1. The average Bonchev–Trinajstić information content (AvgIpc) is 3.45. The van der Waals surface area contributed by atoms with Crippen molar-refractivity contribution in [3.05, 3.63) is 58.9 Å². The lowest BCUT2D eigenvalue weighted by molar-refractivity contribution is -0.114. The van der Waals surface area contributed by atoms with Gasteiger partial charge >= 0.3 is 0 Å². The van der Waals surface area contributed by atoms with E-state index in [-0.39, 0.29) is 11.4 Å². The molecule has 1 N–H and O–H groups in total. The Balaban J connectivity index is 1.28. The van der Waals surface area contributed by atoms with Gasteiger partial charge in [-0.1, -0.05) is 18.5 Å². The molecule has 0 aliphatic carbocycles. The molecule has 0 saturated carbocycles. The van der Waals surface area contributed by atoms with Crippen LogP contribution in [0.2, 0.25) is 5.02 Å². The van der Waals surface area contributed by atoms with Crippen molar-refractivity contribution in [2.75, 3.05) is 19.7 Å². The second-order valence-corrected chi connectivity index (χ2v) is 9.87. The van der Waals surface area contributed by atoms with E-state index in [9.17, 15) is 4.79 Å². The highest BCUT2D eigenvalue weighted by molar-refractivity contribution is 8.26. The largest absolute Gasteiger partial charge is 0.492 e. The second-order valence-electron chi connectivity index (χ2n) is 8.50. The molecule has 4 heterocycles. The minimum Gasteiger partial charge on any atom is -0.492 e. The molecule has 0 radical (unpaired) electrons. The highest BCUT2D eigenvalue weighted by Gasteiger charge is 2.37. The van der Waals surface area contributed by atoms with Gasteiger partial charge in [-0.05, 0) is 73.0 Å². The first-order valence-corrected chi connectivity index (χ1v) is 12.5. The number of likely N-dealkylation sites (tertiary alicyclic amines) is 1. The van der Waals surface area contributed by atoms with E-state index in [1.165, 1.54) is 16.8 Å². The van der Waals surface area contributed by atoms with Crippen LogP contribution in [-0.2, 0) is 11.3 Å². The fourth-order valence-corrected chi connectivity index (χ4v) is 5.08. The summed E-state index contributed by atoms with van der Waals surface area (Å²) in [5, 5.41) is 16.7. The Morgan fingerprint density at radius 1 is 1.21 bits per heavy atom. The van der Waals surface area contributed by atoms with Gasteiger partial charge in [0.2, 0.25) is 5.17 Å². The van der Waals surface area contributed by atoms with E-state index < -0.39 is 5.91 Å². The number of piperidine rings is 1. The SMILES string of the molecule is CC1CCN(C2=NN3C(=N)/C(=C\c4cccn4CCOc4ccc(Cl)cc4)C(=O)N=C3S2)CC1. The van der Waals surface area contributed by atoms with Crippen molar-refractivity contribution in [2.45, 2.75) is 26.3 Å². The number of carbonyl (C=O) groups excluding carboxylic acids is 1.